The zero-order valence-corrected chi connectivity index (χ0v) is 29.1. The topological polar surface area (TPSA) is 121 Å². The lowest BCUT2D eigenvalue weighted by Crippen LogP contribution is -2.95. The molecule has 3 aliphatic heterocycles. The SMILES string of the molecule is [B]C([B])([B])N1C([B])([B])C([B])([B])N(C2CCN(c3ccc(Nc4nc(NC5CCOCC5)c(CC)nc4C(N)=O)cc3OC)CC2)C([B])([B])C1([B])[B]. The van der Waals surface area contributed by atoms with E-state index in [1.54, 1.807) is 13.2 Å². The smallest absolute Gasteiger partial charge is 0.271 e. The molecule has 4 heterocycles. The van der Waals surface area contributed by atoms with Crippen LogP contribution in [0.1, 0.15) is 48.8 Å². The molecule has 3 saturated heterocycles. The summed E-state index contributed by atoms with van der Waals surface area (Å²) in [5.41, 5.74) is 7.77. The largest absolute Gasteiger partial charge is 0.495 e. The van der Waals surface area contributed by atoms with Crippen LogP contribution in [0.15, 0.2) is 18.2 Å². The van der Waals surface area contributed by atoms with Crippen LogP contribution in [0.2, 0.25) is 0 Å². The number of rotatable bonds is 10. The van der Waals surface area contributed by atoms with Crippen molar-refractivity contribution >= 4 is 115 Å². The molecule has 0 spiro atoms. The van der Waals surface area contributed by atoms with Crippen molar-refractivity contribution in [2.45, 2.75) is 77.7 Å². The monoisotopic (exact) mass is 662 g/mol. The van der Waals surface area contributed by atoms with Crippen molar-refractivity contribution in [1.29, 1.82) is 0 Å². The third-order valence-electron chi connectivity index (χ3n) is 9.92. The molecule has 11 nitrogen and oxygen atoms in total. The molecule has 0 saturated carbocycles. The van der Waals surface area contributed by atoms with E-state index in [-0.39, 0.29) is 17.6 Å². The molecule has 2 aromatic rings. The second kappa shape index (κ2) is 14.4. The Morgan fingerprint density at radius 2 is 1.53 bits per heavy atom. The summed E-state index contributed by atoms with van der Waals surface area (Å²) in [4.78, 5) is 25.9. The van der Waals surface area contributed by atoms with Crippen molar-refractivity contribution in [1.82, 2.24) is 19.8 Å². The minimum absolute atomic E-state index is 0.0233. The van der Waals surface area contributed by atoms with Crippen LogP contribution in [0, 0.1) is 0 Å². The van der Waals surface area contributed by atoms with E-state index in [4.69, 9.17) is 107 Å². The van der Waals surface area contributed by atoms with Crippen molar-refractivity contribution < 1.29 is 14.3 Å². The zero-order chi connectivity index (χ0) is 37.7. The lowest BCUT2D eigenvalue weighted by Gasteiger charge is -2.80. The Hall–Kier alpha value is -2.44. The van der Waals surface area contributed by atoms with Gasteiger partial charge in [0.1, 0.15) is 5.75 Å². The molecule has 22 radical (unpaired) electrons. The Labute approximate surface area is 316 Å². The van der Waals surface area contributed by atoms with Crippen LogP contribution in [0.3, 0.4) is 0 Å². The van der Waals surface area contributed by atoms with Gasteiger partial charge in [-0.3, -0.25) is 4.79 Å². The molecule has 3 fully saturated rings. The van der Waals surface area contributed by atoms with Gasteiger partial charge >= 0.3 is 0 Å². The molecule has 1 amide bonds. The first-order valence-electron chi connectivity index (χ1n) is 16.7. The number of primary amides is 1. The van der Waals surface area contributed by atoms with E-state index in [0.29, 0.717) is 68.5 Å². The number of benzene rings is 1. The summed E-state index contributed by atoms with van der Waals surface area (Å²) in [6, 6.07) is 5.17. The van der Waals surface area contributed by atoms with Crippen LogP contribution in [0.4, 0.5) is 23.0 Å². The van der Waals surface area contributed by atoms with Gasteiger partial charge in [-0.2, -0.15) is 0 Å². The molecule has 0 aliphatic carbocycles. The highest BCUT2D eigenvalue weighted by Crippen LogP contribution is 2.47. The van der Waals surface area contributed by atoms with E-state index in [1.807, 2.05) is 19.1 Å². The molecule has 0 atom stereocenters. The highest BCUT2D eigenvalue weighted by atomic mass is 16.5. The summed E-state index contributed by atoms with van der Waals surface area (Å²) >= 11 is 0. The molecule has 5 rings (SSSR count). The Morgan fingerprint density at radius 3 is 2.04 bits per heavy atom. The minimum Gasteiger partial charge on any atom is -0.495 e. The molecule has 240 valence electrons. The first-order valence-corrected chi connectivity index (χ1v) is 16.7. The highest BCUT2D eigenvalue weighted by molar-refractivity contribution is 6.64. The summed E-state index contributed by atoms with van der Waals surface area (Å²) in [6.45, 7) is 4.19. The van der Waals surface area contributed by atoms with Crippen LogP contribution < -0.4 is 26.0 Å². The van der Waals surface area contributed by atoms with Gasteiger partial charge in [0.15, 0.2) is 17.3 Å². The summed E-state index contributed by atoms with van der Waals surface area (Å²) in [5.74, 6) is 0.632. The molecule has 0 bridgehead atoms. The number of aryl methyl sites for hydroxylation is 1. The van der Waals surface area contributed by atoms with Crippen LogP contribution in [-0.2, 0) is 11.2 Å². The number of nitrogens with zero attached hydrogens (tertiary/aromatic N) is 5. The zero-order valence-electron chi connectivity index (χ0n) is 29.1. The molecule has 1 aromatic carbocycles. The lowest BCUT2D eigenvalue weighted by molar-refractivity contribution is -0.0502. The standard InChI is InChI=1S/C29H33B11N8O3/c1-3-18-23(42-15-8-12-51-13-9-15)45-24(21(44-18)22(41)49)43-16-4-5-19(20(14-16)50-2)46-10-6-17(7-11-46)47-25(30,31)27(34,35)48(29(38,39)40)28(36,37)26(47,32)33/h4-5,14-15,17H,3,6-13H2,1-2H3,(H2,41,49)(H2,42,43,45). The Bertz CT molecular complexity index is 1570. The lowest BCUT2D eigenvalue weighted by atomic mass is 9.23. The van der Waals surface area contributed by atoms with Crippen LogP contribution in [-0.4, -0.2) is 184 Å². The Kier molecular flexibility index (Phi) is 11.2. The summed E-state index contributed by atoms with van der Waals surface area (Å²) in [7, 11) is 71.3. The summed E-state index contributed by atoms with van der Waals surface area (Å²) in [6.07, 6.45) is 3.05. The normalized spacial score (nSPS) is 22.6. The molecule has 51 heavy (non-hydrogen) atoms. The molecule has 4 N–H and O–H groups in total. The molecular weight excluding hydrogens is 627 g/mol. The fraction of sp³-hybridized carbons (Fsp3) is 0.621. The van der Waals surface area contributed by atoms with Gasteiger partial charge in [-0.15, -0.1) is 0 Å². The van der Waals surface area contributed by atoms with Crippen molar-refractivity contribution in [3.8, 4) is 5.75 Å². The van der Waals surface area contributed by atoms with Gasteiger partial charge in [-0.25, -0.2) is 9.97 Å². The average Bonchev–Trinajstić information content (AvgIpc) is 3.04. The van der Waals surface area contributed by atoms with Gasteiger partial charge in [-0.05, 0) is 44.2 Å². The van der Waals surface area contributed by atoms with Gasteiger partial charge in [0.2, 0.25) is 0 Å². The van der Waals surface area contributed by atoms with E-state index in [0.717, 1.165) is 23.4 Å². The molecule has 0 unspecified atom stereocenters. The number of amides is 1. The third kappa shape index (κ3) is 7.27. The number of methoxy groups -OCH3 is 1. The Morgan fingerprint density at radius 1 is 0.941 bits per heavy atom. The van der Waals surface area contributed by atoms with Crippen molar-refractivity contribution in [3.05, 3.63) is 29.6 Å². The fourth-order valence-corrected chi connectivity index (χ4v) is 7.25. The summed E-state index contributed by atoms with van der Waals surface area (Å²) < 4.78 is 11.3. The molecular formula is C29H33B11N8O3. The van der Waals surface area contributed by atoms with Crippen LogP contribution in [0.5, 0.6) is 5.75 Å². The number of nitrogens with two attached hydrogens (primary N) is 1. The second-order valence-electron chi connectivity index (χ2n) is 13.6. The number of carbonyl (C=O) groups is 1. The summed E-state index contributed by atoms with van der Waals surface area (Å²) in [5, 5.41) is -4.55. The number of hydrogen-bond donors (Lipinski definition) is 3. The van der Waals surface area contributed by atoms with E-state index < -0.39 is 38.5 Å². The number of aromatic nitrogens is 2. The highest BCUT2D eigenvalue weighted by Gasteiger charge is 2.62. The van der Waals surface area contributed by atoms with Gasteiger partial charge in [0.05, 0.1) is 105 Å². The third-order valence-corrected chi connectivity index (χ3v) is 9.92. The maximum absolute atomic E-state index is 12.4. The van der Waals surface area contributed by atoms with Crippen molar-refractivity contribution in [2.75, 3.05) is 48.9 Å². The number of piperidine rings is 1. The number of anilines is 4. The van der Waals surface area contributed by atoms with Crippen LogP contribution >= 0.6 is 0 Å². The number of ether oxygens (including phenoxy) is 2. The van der Waals surface area contributed by atoms with Gasteiger partial charge in [0, 0.05) is 50.1 Å². The molecule has 22 heteroatoms. The fourth-order valence-electron chi connectivity index (χ4n) is 7.25. The number of carbonyl (C=O) groups excluding carboxylic acids is 1. The van der Waals surface area contributed by atoms with Gasteiger partial charge < -0.3 is 40.5 Å². The van der Waals surface area contributed by atoms with E-state index in [1.165, 1.54) is 4.90 Å². The maximum Gasteiger partial charge on any atom is 0.271 e. The number of nitrogens with one attached hydrogen (secondary N) is 2. The minimum atomic E-state index is -2.30. The predicted octanol–water partition coefficient (Wildman–Crippen LogP) is -2.85. The van der Waals surface area contributed by atoms with E-state index in [9.17, 15) is 4.79 Å². The maximum atomic E-state index is 12.4. The number of hydrogen-bond acceptors (Lipinski definition) is 10. The number of piperazine rings is 1. The Balaban J connectivity index is 1.37. The quantitative estimate of drug-likeness (QED) is 0.230. The first-order chi connectivity index (χ1) is 23.7. The second-order valence-corrected chi connectivity index (χ2v) is 13.6. The average molecular weight is 661 g/mol. The van der Waals surface area contributed by atoms with Crippen molar-refractivity contribution in [3.63, 3.8) is 0 Å². The van der Waals surface area contributed by atoms with E-state index >= 15 is 0 Å². The van der Waals surface area contributed by atoms with Gasteiger partial charge in [0.25, 0.3) is 5.91 Å². The molecule has 3 aliphatic rings. The molecule has 1 aromatic heterocycles. The first kappa shape index (κ1) is 39.8. The van der Waals surface area contributed by atoms with Gasteiger partial charge in [-0.1, -0.05) is 33.5 Å². The van der Waals surface area contributed by atoms with E-state index in [2.05, 4.69) is 20.5 Å². The van der Waals surface area contributed by atoms with Crippen LogP contribution in [0.25, 0.3) is 0 Å². The van der Waals surface area contributed by atoms with Crippen molar-refractivity contribution in [2.24, 2.45) is 5.73 Å². The predicted molar refractivity (Wildman–Crippen MR) is 210 cm³/mol.